The molecule has 0 saturated heterocycles. The quantitative estimate of drug-likeness (QED) is 0.672. The van der Waals surface area contributed by atoms with Crippen molar-refractivity contribution in [2.45, 2.75) is 45.6 Å². The molecule has 0 aliphatic carbocycles. The number of rotatable bonds is 9. The zero-order valence-electron chi connectivity index (χ0n) is 11.2. The predicted molar refractivity (Wildman–Crippen MR) is 68.2 cm³/mol. The van der Waals surface area contributed by atoms with Crippen LogP contribution in [0.25, 0.3) is 0 Å². The molecule has 4 nitrogen and oxygen atoms in total. The van der Waals surface area contributed by atoms with Crippen molar-refractivity contribution in [3.8, 4) is 0 Å². The highest BCUT2D eigenvalue weighted by molar-refractivity contribution is 4.94. The summed E-state index contributed by atoms with van der Waals surface area (Å²) >= 11 is 0. The summed E-state index contributed by atoms with van der Waals surface area (Å²) in [6.07, 6.45) is 5.70. The number of ether oxygens (including phenoxy) is 1. The molecule has 0 radical (unpaired) electrons. The van der Waals surface area contributed by atoms with Crippen LogP contribution in [0, 0.1) is 0 Å². The van der Waals surface area contributed by atoms with E-state index in [0.29, 0.717) is 6.04 Å². The summed E-state index contributed by atoms with van der Waals surface area (Å²) in [7, 11) is 1.72. The maximum atomic E-state index is 5.64. The molecular weight excluding hydrogens is 216 g/mol. The number of oxazole rings is 1. The van der Waals surface area contributed by atoms with Crippen LogP contribution in [0.3, 0.4) is 0 Å². The number of aromatic nitrogens is 1. The average molecular weight is 240 g/mol. The van der Waals surface area contributed by atoms with Gasteiger partial charge in [-0.2, -0.15) is 0 Å². The minimum atomic E-state index is 0.546. The summed E-state index contributed by atoms with van der Waals surface area (Å²) in [6.45, 7) is 6.09. The normalized spacial score (nSPS) is 11.3. The maximum Gasteiger partial charge on any atom is 0.194 e. The number of aryl methyl sites for hydroxylation is 2. The molecule has 0 aromatic carbocycles. The first-order chi connectivity index (χ1) is 8.22. The molecule has 1 rings (SSSR count). The molecule has 0 fully saturated rings. The summed E-state index contributed by atoms with van der Waals surface area (Å²) < 4.78 is 10.6. The topological polar surface area (TPSA) is 47.3 Å². The average Bonchev–Trinajstić information content (AvgIpc) is 2.73. The number of hydrogen-bond donors (Lipinski definition) is 1. The third kappa shape index (κ3) is 6.44. The molecule has 0 spiro atoms. The monoisotopic (exact) mass is 240 g/mol. The lowest BCUT2D eigenvalue weighted by atomic mass is 10.3. The number of methoxy groups -OCH3 is 1. The summed E-state index contributed by atoms with van der Waals surface area (Å²) in [5.74, 6) is 1.82. The molecular formula is C13H24N2O2. The molecule has 1 aromatic heterocycles. The molecule has 17 heavy (non-hydrogen) atoms. The Kier molecular flexibility index (Phi) is 6.89. The van der Waals surface area contributed by atoms with Crippen molar-refractivity contribution in [3.05, 3.63) is 17.8 Å². The lowest BCUT2D eigenvalue weighted by Crippen LogP contribution is -2.23. The van der Waals surface area contributed by atoms with Crippen molar-refractivity contribution in [3.63, 3.8) is 0 Å². The second kappa shape index (κ2) is 8.25. The van der Waals surface area contributed by atoms with Gasteiger partial charge in [-0.15, -0.1) is 0 Å². The van der Waals surface area contributed by atoms with Gasteiger partial charge in [0.2, 0.25) is 0 Å². The van der Waals surface area contributed by atoms with Gasteiger partial charge in [-0.3, -0.25) is 0 Å². The molecule has 0 saturated carbocycles. The summed E-state index contributed by atoms with van der Waals surface area (Å²) in [4.78, 5) is 4.28. The van der Waals surface area contributed by atoms with Gasteiger partial charge in [0.1, 0.15) is 5.76 Å². The van der Waals surface area contributed by atoms with E-state index < -0.39 is 0 Å². The molecule has 0 bridgehead atoms. The van der Waals surface area contributed by atoms with Crippen LogP contribution in [0.1, 0.15) is 38.3 Å². The molecule has 0 aliphatic rings. The van der Waals surface area contributed by atoms with E-state index in [0.717, 1.165) is 50.5 Å². The van der Waals surface area contributed by atoms with Gasteiger partial charge >= 0.3 is 0 Å². The standard InChI is InChI=1S/C13H24N2O2/c1-11(2)14-8-4-7-13-15-10-12(17-13)6-5-9-16-3/h10-11,14H,4-9H2,1-3H3. The van der Waals surface area contributed by atoms with Crippen molar-refractivity contribution >= 4 is 0 Å². The van der Waals surface area contributed by atoms with Crippen LogP contribution in [0.15, 0.2) is 10.6 Å². The molecule has 98 valence electrons. The molecule has 0 atom stereocenters. The molecule has 0 aliphatic heterocycles. The molecule has 0 unspecified atom stereocenters. The van der Waals surface area contributed by atoms with Crippen molar-refractivity contribution in [2.24, 2.45) is 0 Å². The highest BCUT2D eigenvalue weighted by Gasteiger charge is 2.03. The van der Waals surface area contributed by atoms with Crippen LogP contribution in [-0.2, 0) is 17.6 Å². The first kappa shape index (κ1) is 14.2. The molecule has 1 aromatic rings. The number of nitrogens with zero attached hydrogens (tertiary/aromatic N) is 1. The Morgan fingerprint density at radius 2 is 2.18 bits per heavy atom. The lowest BCUT2D eigenvalue weighted by Gasteiger charge is -2.05. The van der Waals surface area contributed by atoms with Gasteiger partial charge in [0.15, 0.2) is 5.89 Å². The highest BCUT2D eigenvalue weighted by atomic mass is 16.5. The van der Waals surface area contributed by atoms with E-state index in [1.807, 2.05) is 6.20 Å². The van der Waals surface area contributed by atoms with Crippen LogP contribution in [0.4, 0.5) is 0 Å². The van der Waals surface area contributed by atoms with E-state index in [9.17, 15) is 0 Å². The second-order valence-electron chi connectivity index (χ2n) is 4.53. The van der Waals surface area contributed by atoms with Crippen molar-refractivity contribution in [1.29, 1.82) is 0 Å². The fourth-order valence-electron chi connectivity index (χ4n) is 1.60. The summed E-state index contributed by atoms with van der Waals surface area (Å²) in [6, 6.07) is 0.546. The smallest absolute Gasteiger partial charge is 0.194 e. The first-order valence-electron chi connectivity index (χ1n) is 6.38. The minimum Gasteiger partial charge on any atom is -0.446 e. The van der Waals surface area contributed by atoms with E-state index in [1.54, 1.807) is 7.11 Å². The van der Waals surface area contributed by atoms with Gasteiger partial charge in [0.05, 0.1) is 6.20 Å². The summed E-state index contributed by atoms with van der Waals surface area (Å²) in [5.41, 5.74) is 0. The molecule has 0 amide bonds. The SMILES string of the molecule is COCCCc1cnc(CCCNC(C)C)o1. The molecule has 4 heteroatoms. The first-order valence-corrected chi connectivity index (χ1v) is 6.38. The molecule has 1 heterocycles. The van der Waals surface area contributed by atoms with E-state index >= 15 is 0 Å². The maximum absolute atomic E-state index is 5.64. The Bertz CT molecular complexity index is 297. The van der Waals surface area contributed by atoms with Gasteiger partial charge in [-0.05, 0) is 19.4 Å². The fourth-order valence-corrected chi connectivity index (χ4v) is 1.60. The summed E-state index contributed by atoms with van der Waals surface area (Å²) in [5, 5.41) is 3.38. The Hall–Kier alpha value is -0.870. The van der Waals surface area contributed by atoms with Crippen LogP contribution in [0.5, 0.6) is 0 Å². The number of nitrogens with one attached hydrogen (secondary N) is 1. The van der Waals surface area contributed by atoms with Crippen LogP contribution >= 0.6 is 0 Å². The highest BCUT2D eigenvalue weighted by Crippen LogP contribution is 2.08. The van der Waals surface area contributed by atoms with Crippen LogP contribution in [-0.4, -0.2) is 31.3 Å². The van der Waals surface area contributed by atoms with Crippen molar-refractivity contribution in [2.75, 3.05) is 20.3 Å². The third-order valence-electron chi connectivity index (χ3n) is 2.49. The van der Waals surface area contributed by atoms with E-state index in [1.165, 1.54) is 0 Å². The Labute approximate surface area is 104 Å². The van der Waals surface area contributed by atoms with Gasteiger partial charge in [0.25, 0.3) is 0 Å². The van der Waals surface area contributed by atoms with Gasteiger partial charge in [-0.1, -0.05) is 13.8 Å². The Balaban J connectivity index is 2.16. The number of hydrogen-bond acceptors (Lipinski definition) is 4. The van der Waals surface area contributed by atoms with Gasteiger partial charge in [0, 0.05) is 32.6 Å². The van der Waals surface area contributed by atoms with E-state index in [-0.39, 0.29) is 0 Å². The van der Waals surface area contributed by atoms with Crippen LogP contribution < -0.4 is 5.32 Å². The van der Waals surface area contributed by atoms with E-state index in [4.69, 9.17) is 9.15 Å². The van der Waals surface area contributed by atoms with Crippen molar-refractivity contribution in [1.82, 2.24) is 10.3 Å². The minimum absolute atomic E-state index is 0.546. The Morgan fingerprint density at radius 3 is 2.88 bits per heavy atom. The molecule has 1 N–H and O–H groups in total. The van der Waals surface area contributed by atoms with Gasteiger partial charge < -0.3 is 14.5 Å². The Morgan fingerprint density at radius 1 is 1.35 bits per heavy atom. The largest absolute Gasteiger partial charge is 0.446 e. The second-order valence-corrected chi connectivity index (χ2v) is 4.53. The van der Waals surface area contributed by atoms with Crippen LogP contribution in [0.2, 0.25) is 0 Å². The van der Waals surface area contributed by atoms with Crippen molar-refractivity contribution < 1.29 is 9.15 Å². The van der Waals surface area contributed by atoms with Gasteiger partial charge in [-0.25, -0.2) is 4.98 Å². The third-order valence-corrected chi connectivity index (χ3v) is 2.49. The lowest BCUT2D eigenvalue weighted by molar-refractivity contribution is 0.193. The predicted octanol–water partition coefficient (Wildman–Crippen LogP) is 2.18. The van der Waals surface area contributed by atoms with E-state index in [2.05, 4.69) is 24.1 Å². The zero-order valence-corrected chi connectivity index (χ0v) is 11.2. The fraction of sp³-hybridized carbons (Fsp3) is 0.769. The zero-order chi connectivity index (χ0) is 12.5.